The molecule has 6 rings (SSSR count). The lowest BCUT2D eigenvalue weighted by atomic mass is 9.91. The van der Waals surface area contributed by atoms with E-state index in [9.17, 15) is 15.0 Å². The predicted octanol–water partition coefficient (Wildman–Crippen LogP) is 1.15. The molecule has 40 heavy (non-hydrogen) atoms. The lowest BCUT2D eigenvalue weighted by molar-refractivity contribution is -0.248. The molecule has 2 aliphatic rings. The quantitative estimate of drug-likeness (QED) is 0.220. The van der Waals surface area contributed by atoms with Crippen LogP contribution in [0.4, 0.5) is 5.82 Å². The first-order valence-corrected chi connectivity index (χ1v) is 13.4. The Morgan fingerprint density at radius 2 is 1.73 bits per heavy atom. The van der Waals surface area contributed by atoms with Crippen LogP contribution in [0.3, 0.4) is 0 Å². The van der Waals surface area contributed by atoms with Crippen LogP contribution in [0.25, 0.3) is 11.2 Å². The Bertz CT molecular complexity index is 1460. The molecule has 0 spiro atoms. The third kappa shape index (κ3) is 4.22. The van der Waals surface area contributed by atoms with Crippen LogP contribution in [0.5, 0.6) is 0 Å². The Morgan fingerprint density at radius 3 is 2.33 bits per heavy atom. The van der Waals surface area contributed by atoms with Crippen LogP contribution in [-0.2, 0) is 10.5 Å². The minimum Gasteiger partial charge on any atom is -0.370 e. The molecule has 1 saturated heterocycles. The molecule has 2 aromatic carbocycles. The third-order valence-corrected chi connectivity index (χ3v) is 8.29. The molecule has 4 atom stereocenters. The SMILES string of the molecule is NC(=O)[C@@H]1C[CH][C@](O)(N2CCC(N)C2)[C@]1(O)n1cnc2c(NCC(c3ccccc3)c3ccccc3)ncnc21. The number of hydrogen-bond acceptors (Lipinski definition) is 9. The highest BCUT2D eigenvalue weighted by molar-refractivity contribution is 5.84. The highest BCUT2D eigenvalue weighted by Crippen LogP contribution is 2.50. The summed E-state index contributed by atoms with van der Waals surface area (Å²) in [4.78, 5) is 27.6. The van der Waals surface area contributed by atoms with Crippen LogP contribution in [0, 0.1) is 12.3 Å². The van der Waals surface area contributed by atoms with E-state index in [2.05, 4.69) is 44.5 Å². The van der Waals surface area contributed by atoms with Gasteiger partial charge in [0.25, 0.3) is 0 Å². The highest BCUT2D eigenvalue weighted by atomic mass is 16.4. The molecule has 4 aromatic rings. The lowest BCUT2D eigenvalue weighted by Gasteiger charge is -2.46. The van der Waals surface area contributed by atoms with Crippen molar-refractivity contribution >= 4 is 22.9 Å². The van der Waals surface area contributed by atoms with Gasteiger partial charge in [0, 0.05) is 38.0 Å². The molecule has 1 aliphatic heterocycles. The van der Waals surface area contributed by atoms with Gasteiger partial charge in [-0.3, -0.25) is 14.3 Å². The Labute approximate surface area is 231 Å². The molecule has 1 unspecified atom stereocenters. The third-order valence-electron chi connectivity index (χ3n) is 8.29. The maximum Gasteiger partial charge on any atom is 0.225 e. The van der Waals surface area contributed by atoms with Crippen LogP contribution in [0.1, 0.15) is 29.9 Å². The van der Waals surface area contributed by atoms with Crippen LogP contribution in [0.15, 0.2) is 73.3 Å². The number of nitrogens with two attached hydrogens (primary N) is 2. The Kier molecular flexibility index (Phi) is 6.75. The number of fused-ring (bicyclic) bond motifs is 1. The summed E-state index contributed by atoms with van der Waals surface area (Å²) in [5.41, 5.74) is 10.7. The molecule has 2 fully saturated rings. The number of primary amides is 1. The normalized spacial score (nSPS) is 27.0. The average molecular weight is 542 g/mol. The first-order chi connectivity index (χ1) is 19.3. The van der Waals surface area contributed by atoms with Gasteiger partial charge in [0.1, 0.15) is 6.33 Å². The maximum absolute atomic E-state index is 12.5. The second-order valence-corrected chi connectivity index (χ2v) is 10.6. The van der Waals surface area contributed by atoms with E-state index in [1.54, 1.807) is 4.90 Å². The smallest absolute Gasteiger partial charge is 0.225 e. The van der Waals surface area contributed by atoms with Crippen molar-refractivity contribution in [3.8, 4) is 0 Å². The van der Waals surface area contributed by atoms with Crippen molar-refractivity contribution in [2.45, 2.75) is 36.3 Å². The van der Waals surface area contributed by atoms with Gasteiger partial charge in [0.2, 0.25) is 5.91 Å². The summed E-state index contributed by atoms with van der Waals surface area (Å²) in [5, 5.41) is 27.6. The fourth-order valence-electron chi connectivity index (χ4n) is 6.18. The second kappa shape index (κ2) is 10.3. The zero-order chi connectivity index (χ0) is 27.9. The van der Waals surface area contributed by atoms with Crippen molar-refractivity contribution in [1.82, 2.24) is 24.4 Å². The number of aliphatic hydroxyl groups is 2. The topological polar surface area (TPSA) is 168 Å². The number of anilines is 1. The van der Waals surface area contributed by atoms with Crippen LogP contribution < -0.4 is 16.8 Å². The molecule has 1 aliphatic carbocycles. The molecule has 11 heteroatoms. The molecule has 207 valence electrons. The molecule has 0 bridgehead atoms. The number of likely N-dealkylation sites (tertiary alicyclic amines) is 1. The van der Waals surface area contributed by atoms with E-state index in [-0.39, 0.29) is 24.0 Å². The van der Waals surface area contributed by atoms with Crippen LogP contribution in [0.2, 0.25) is 0 Å². The summed E-state index contributed by atoms with van der Waals surface area (Å²) in [7, 11) is 0. The largest absolute Gasteiger partial charge is 0.370 e. The number of rotatable bonds is 8. The fourth-order valence-corrected chi connectivity index (χ4v) is 6.18. The number of imidazole rings is 1. The van der Waals surface area contributed by atoms with Crippen molar-refractivity contribution in [3.63, 3.8) is 0 Å². The monoisotopic (exact) mass is 541 g/mol. The van der Waals surface area contributed by atoms with Gasteiger partial charge in [-0.05, 0) is 24.0 Å². The van der Waals surface area contributed by atoms with E-state index in [0.29, 0.717) is 37.4 Å². The van der Waals surface area contributed by atoms with E-state index >= 15 is 0 Å². The van der Waals surface area contributed by atoms with Crippen LogP contribution >= 0.6 is 0 Å². The Balaban J connectivity index is 1.37. The van der Waals surface area contributed by atoms with E-state index in [0.717, 1.165) is 11.1 Å². The number of hydrogen-bond donors (Lipinski definition) is 5. The van der Waals surface area contributed by atoms with Gasteiger partial charge in [-0.1, -0.05) is 60.7 Å². The zero-order valence-electron chi connectivity index (χ0n) is 22.0. The summed E-state index contributed by atoms with van der Waals surface area (Å²) in [6, 6.07) is 20.2. The van der Waals surface area contributed by atoms with Crippen molar-refractivity contribution in [2.24, 2.45) is 17.4 Å². The molecule has 7 N–H and O–H groups in total. The summed E-state index contributed by atoms with van der Waals surface area (Å²) >= 11 is 0. The van der Waals surface area contributed by atoms with Crippen molar-refractivity contribution in [1.29, 1.82) is 0 Å². The number of amides is 1. The molecule has 1 amide bonds. The first-order valence-electron chi connectivity index (χ1n) is 13.4. The predicted molar refractivity (Wildman–Crippen MR) is 149 cm³/mol. The molecule has 3 heterocycles. The highest BCUT2D eigenvalue weighted by Gasteiger charge is 2.66. The first kappa shape index (κ1) is 26.3. The minimum atomic E-state index is -2.15. The molecular weight excluding hydrogens is 508 g/mol. The average Bonchev–Trinajstić information content (AvgIpc) is 3.67. The number of carbonyl (C=O) groups excluding carboxylic acids is 1. The minimum absolute atomic E-state index is 0.0341. The van der Waals surface area contributed by atoms with Crippen molar-refractivity contribution in [3.05, 3.63) is 90.9 Å². The summed E-state index contributed by atoms with van der Waals surface area (Å²) in [6.07, 6.45) is 5.02. The number of nitrogens with one attached hydrogen (secondary N) is 1. The zero-order valence-corrected chi connectivity index (χ0v) is 22.0. The van der Waals surface area contributed by atoms with E-state index in [4.69, 9.17) is 11.5 Å². The molecule has 1 saturated carbocycles. The molecule has 1 radical (unpaired) electrons. The lowest BCUT2D eigenvalue weighted by Crippen LogP contribution is -2.65. The number of nitrogens with zero attached hydrogens (tertiary/aromatic N) is 5. The second-order valence-electron chi connectivity index (χ2n) is 10.6. The summed E-state index contributed by atoms with van der Waals surface area (Å²) in [5.74, 6) is -1.35. The Hall–Kier alpha value is -3.90. The van der Waals surface area contributed by atoms with Gasteiger partial charge in [-0.25, -0.2) is 15.0 Å². The molecule has 11 nitrogen and oxygen atoms in total. The van der Waals surface area contributed by atoms with Gasteiger partial charge in [-0.15, -0.1) is 0 Å². The summed E-state index contributed by atoms with van der Waals surface area (Å²) < 4.78 is 1.35. The fraction of sp³-hybridized carbons (Fsp3) is 0.345. The van der Waals surface area contributed by atoms with Gasteiger partial charge in [0.15, 0.2) is 28.4 Å². The number of benzene rings is 2. The maximum atomic E-state index is 12.5. The van der Waals surface area contributed by atoms with E-state index in [1.165, 1.54) is 23.6 Å². The van der Waals surface area contributed by atoms with E-state index in [1.807, 2.05) is 36.4 Å². The number of aromatic nitrogens is 4. The standard InChI is InChI=1S/C29H33N8O3/c30-21-12-14-36(16-21)28(39)13-11-23(25(31)38)29(28,40)37-18-35-24-26(33-17-34-27(24)37)32-15-22(19-7-3-1-4-8-19)20-9-5-2-6-10-20/h1-10,13,17-18,21-23,39-40H,11-12,14-16,30H2,(H2,31,38)(H,32,33,34)/t21?,23-,28+,29-/m0/s1. The number of carbonyl (C=O) groups is 1. The van der Waals surface area contributed by atoms with Gasteiger partial charge in [-0.2, -0.15) is 0 Å². The Morgan fingerprint density at radius 1 is 1.05 bits per heavy atom. The molecule has 2 aromatic heterocycles. The van der Waals surface area contributed by atoms with Crippen LogP contribution in [-0.4, -0.2) is 71.9 Å². The summed E-state index contributed by atoms with van der Waals surface area (Å²) in [6.45, 7) is 1.33. The van der Waals surface area contributed by atoms with Crippen molar-refractivity contribution < 1.29 is 15.0 Å². The van der Waals surface area contributed by atoms with Gasteiger partial charge in [0.05, 0.1) is 12.2 Å². The van der Waals surface area contributed by atoms with Gasteiger partial charge < -0.3 is 27.0 Å². The van der Waals surface area contributed by atoms with Gasteiger partial charge >= 0.3 is 0 Å². The van der Waals surface area contributed by atoms with E-state index < -0.39 is 23.3 Å². The van der Waals surface area contributed by atoms with Crippen molar-refractivity contribution in [2.75, 3.05) is 25.0 Å². The molecular formula is C29H33N8O3.